The molecule has 0 bridgehead atoms. The third kappa shape index (κ3) is 0.897. The van der Waals surface area contributed by atoms with Crippen LogP contribution in [0.25, 0.3) is 0 Å². The van der Waals surface area contributed by atoms with E-state index in [1.54, 1.807) is 0 Å². The van der Waals surface area contributed by atoms with Gasteiger partial charge in [-0.05, 0) is 24.1 Å². The van der Waals surface area contributed by atoms with Gasteiger partial charge in [0.1, 0.15) is 5.82 Å². The van der Waals surface area contributed by atoms with E-state index in [9.17, 15) is 9.18 Å². The van der Waals surface area contributed by atoms with Crippen LogP contribution >= 0.6 is 0 Å². The summed E-state index contributed by atoms with van der Waals surface area (Å²) in [7, 11) is 0. The zero-order valence-electron chi connectivity index (χ0n) is 6.43. The Labute approximate surface area is 69.2 Å². The highest BCUT2D eigenvalue weighted by molar-refractivity contribution is 6.01. The summed E-state index contributed by atoms with van der Waals surface area (Å²) in [5.74, 6) is -0.361. The van der Waals surface area contributed by atoms with Gasteiger partial charge in [0.2, 0.25) is 0 Å². The van der Waals surface area contributed by atoms with Crippen molar-refractivity contribution in [3.05, 3.63) is 29.1 Å². The summed E-state index contributed by atoms with van der Waals surface area (Å²) in [5.41, 5.74) is 6.76. The van der Waals surface area contributed by atoms with Crippen molar-refractivity contribution in [2.45, 2.75) is 12.8 Å². The largest absolute Gasteiger partial charge is 0.396 e. The first-order valence-electron chi connectivity index (χ1n) is 3.79. The molecule has 1 aliphatic rings. The Balaban J connectivity index is 2.63. The van der Waals surface area contributed by atoms with Gasteiger partial charge in [0.15, 0.2) is 5.78 Å². The smallest absolute Gasteiger partial charge is 0.163 e. The molecule has 3 heteroatoms. The number of ketones is 1. The molecule has 0 aromatic heterocycles. The van der Waals surface area contributed by atoms with E-state index >= 15 is 0 Å². The highest BCUT2D eigenvalue weighted by atomic mass is 19.1. The van der Waals surface area contributed by atoms with Crippen molar-refractivity contribution in [1.29, 1.82) is 0 Å². The molecule has 0 saturated carbocycles. The van der Waals surface area contributed by atoms with Crippen LogP contribution in [-0.4, -0.2) is 5.78 Å². The standard InChI is InChI=1S/C9H8FNO/c10-7-3-5-1-2-9(12)6(5)4-8(7)11/h3-4H,1-2,11H2. The lowest BCUT2D eigenvalue weighted by Gasteiger charge is -2.00. The molecule has 0 aliphatic heterocycles. The monoisotopic (exact) mass is 165 g/mol. The maximum atomic E-state index is 12.9. The van der Waals surface area contributed by atoms with E-state index in [4.69, 9.17) is 5.73 Å². The Hall–Kier alpha value is -1.38. The predicted molar refractivity (Wildman–Crippen MR) is 43.5 cm³/mol. The topological polar surface area (TPSA) is 43.1 Å². The number of anilines is 1. The van der Waals surface area contributed by atoms with Crippen LogP contribution in [-0.2, 0) is 6.42 Å². The molecule has 0 radical (unpaired) electrons. The van der Waals surface area contributed by atoms with E-state index in [0.29, 0.717) is 18.4 Å². The number of aryl methyl sites for hydroxylation is 1. The molecule has 62 valence electrons. The quantitative estimate of drug-likeness (QED) is 0.592. The lowest BCUT2D eigenvalue weighted by Crippen LogP contribution is -1.96. The highest BCUT2D eigenvalue weighted by Gasteiger charge is 2.20. The average Bonchev–Trinajstić information content (AvgIpc) is 2.35. The fourth-order valence-electron chi connectivity index (χ4n) is 1.48. The van der Waals surface area contributed by atoms with E-state index in [2.05, 4.69) is 0 Å². The number of carbonyl (C=O) groups is 1. The molecule has 2 N–H and O–H groups in total. The predicted octanol–water partition coefficient (Wildman–Crippen LogP) is 1.54. The lowest BCUT2D eigenvalue weighted by atomic mass is 10.1. The molecular formula is C9H8FNO. The first-order valence-corrected chi connectivity index (χ1v) is 3.79. The number of carbonyl (C=O) groups excluding carboxylic acids is 1. The van der Waals surface area contributed by atoms with Gasteiger partial charge < -0.3 is 5.73 Å². The van der Waals surface area contributed by atoms with Gasteiger partial charge >= 0.3 is 0 Å². The third-order valence-electron chi connectivity index (χ3n) is 2.14. The van der Waals surface area contributed by atoms with Gasteiger partial charge in [-0.25, -0.2) is 4.39 Å². The van der Waals surface area contributed by atoms with E-state index in [0.717, 1.165) is 5.56 Å². The Bertz CT molecular complexity index is 360. The molecule has 0 fully saturated rings. The van der Waals surface area contributed by atoms with Crippen LogP contribution in [0.3, 0.4) is 0 Å². The molecule has 1 aliphatic carbocycles. The van der Waals surface area contributed by atoms with Crippen LogP contribution in [0.2, 0.25) is 0 Å². The van der Waals surface area contributed by atoms with Crippen LogP contribution in [0, 0.1) is 5.82 Å². The first kappa shape index (κ1) is 7.28. The van der Waals surface area contributed by atoms with Crippen molar-refractivity contribution in [3.8, 4) is 0 Å². The minimum Gasteiger partial charge on any atom is -0.396 e. The summed E-state index contributed by atoms with van der Waals surface area (Å²) >= 11 is 0. The van der Waals surface area contributed by atoms with Gasteiger partial charge in [0, 0.05) is 12.0 Å². The summed E-state index contributed by atoms with van der Waals surface area (Å²) < 4.78 is 12.9. The molecule has 12 heavy (non-hydrogen) atoms. The highest BCUT2D eigenvalue weighted by Crippen LogP contribution is 2.25. The van der Waals surface area contributed by atoms with Crippen molar-refractivity contribution in [2.24, 2.45) is 0 Å². The maximum Gasteiger partial charge on any atom is 0.163 e. The summed E-state index contributed by atoms with van der Waals surface area (Å²) in [4.78, 5) is 11.2. The number of hydrogen-bond acceptors (Lipinski definition) is 2. The van der Waals surface area contributed by atoms with Crippen LogP contribution in [0.1, 0.15) is 22.3 Å². The fraction of sp³-hybridized carbons (Fsp3) is 0.222. The molecule has 0 saturated heterocycles. The van der Waals surface area contributed by atoms with Gasteiger partial charge in [-0.2, -0.15) is 0 Å². The number of rotatable bonds is 0. The Morgan fingerprint density at radius 3 is 2.83 bits per heavy atom. The van der Waals surface area contributed by atoms with Gasteiger partial charge in [-0.15, -0.1) is 0 Å². The second kappa shape index (κ2) is 2.30. The maximum absolute atomic E-state index is 12.9. The van der Waals surface area contributed by atoms with E-state index < -0.39 is 5.82 Å². The fourth-order valence-corrected chi connectivity index (χ4v) is 1.48. The van der Waals surface area contributed by atoms with Crippen LogP contribution < -0.4 is 5.73 Å². The summed E-state index contributed by atoms with van der Waals surface area (Å²) in [6.45, 7) is 0. The second-order valence-electron chi connectivity index (χ2n) is 2.95. The summed E-state index contributed by atoms with van der Waals surface area (Å²) in [6, 6.07) is 2.79. The molecule has 0 heterocycles. The Kier molecular flexibility index (Phi) is 1.40. The molecular weight excluding hydrogens is 157 g/mol. The summed E-state index contributed by atoms with van der Waals surface area (Å²) in [5, 5.41) is 0. The number of hydrogen-bond donors (Lipinski definition) is 1. The molecule has 2 nitrogen and oxygen atoms in total. The second-order valence-corrected chi connectivity index (χ2v) is 2.95. The van der Waals surface area contributed by atoms with Crippen molar-refractivity contribution in [1.82, 2.24) is 0 Å². The number of nitrogens with two attached hydrogens (primary N) is 1. The molecule has 0 atom stereocenters. The average molecular weight is 165 g/mol. The number of benzene rings is 1. The van der Waals surface area contributed by atoms with Gasteiger partial charge in [0.25, 0.3) is 0 Å². The van der Waals surface area contributed by atoms with Crippen LogP contribution in [0.5, 0.6) is 0 Å². The minimum atomic E-state index is -0.427. The molecule has 1 aromatic carbocycles. The van der Waals surface area contributed by atoms with Gasteiger partial charge in [-0.1, -0.05) is 0 Å². The van der Waals surface area contributed by atoms with Crippen molar-refractivity contribution in [3.63, 3.8) is 0 Å². The SMILES string of the molecule is Nc1cc2c(cc1F)CCC2=O. The van der Waals surface area contributed by atoms with Crippen molar-refractivity contribution >= 4 is 11.5 Å². The van der Waals surface area contributed by atoms with Crippen LogP contribution in [0.4, 0.5) is 10.1 Å². The van der Waals surface area contributed by atoms with E-state index in [-0.39, 0.29) is 11.5 Å². The first-order chi connectivity index (χ1) is 5.68. The zero-order valence-corrected chi connectivity index (χ0v) is 6.43. The lowest BCUT2D eigenvalue weighted by molar-refractivity contribution is 0.0994. The number of fused-ring (bicyclic) bond motifs is 1. The third-order valence-corrected chi connectivity index (χ3v) is 2.14. The van der Waals surface area contributed by atoms with Crippen molar-refractivity contribution < 1.29 is 9.18 Å². The Morgan fingerprint density at radius 2 is 2.08 bits per heavy atom. The zero-order chi connectivity index (χ0) is 8.72. The Morgan fingerprint density at radius 1 is 1.33 bits per heavy atom. The minimum absolute atomic E-state index is 0.0593. The molecule has 0 unspecified atom stereocenters. The van der Waals surface area contributed by atoms with E-state index in [1.165, 1.54) is 12.1 Å². The van der Waals surface area contributed by atoms with Crippen molar-refractivity contribution in [2.75, 3.05) is 5.73 Å². The van der Waals surface area contributed by atoms with Crippen LogP contribution in [0.15, 0.2) is 12.1 Å². The van der Waals surface area contributed by atoms with E-state index in [1.807, 2.05) is 0 Å². The summed E-state index contributed by atoms with van der Waals surface area (Å²) in [6.07, 6.45) is 1.13. The van der Waals surface area contributed by atoms with Gasteiger partial charge in [-0.3, -0.25) is 4.79 Å². The number of halogens is 1. The number of Topliss-reactive ketones (excluding diaryl/α,β-unsaturated/α-hetero) is 1. The normalized spacial score (nSPS) is 14.9. The molecule has 2 rings (SSSR count). The number of nitrogen functional groups attached to an aromatic ring is 1. The molecule has 1 aromatic rings. The molecule has 0 spiro atoms. The van der Waals surface area contributed by atoms with Gasteiger partial charge in [0.05, 0.1) is 5.69 Å². The molecule has 0 amide bonds.